The highest BCUT2D eigenvalue weighted by molar-refractivity contribution is 9.10. The minimum Gasteiger partial charge on any atom is -0.460 e. The van der Waals surface area contributed by atoms with Gasteiger partial charge >= 0.3 is 5.97 Å². The van der Waals surface area contributed by atoms with E-state index in [0.717, 1.165) is 38.0 Å². The topological polar surface area (TPSA) is 80.5 Å². The minimum absolute atomic E-state index is 0.117. The number of nitrogens with zero attached hydrogens (tertiary/aromatic N) is 4. The van der Waals surface area contributed by atoms with Crippen molar-refractivity contribution in [1.29, 1.82) is 0 Å². The number of hydrogen-bond acceptors (Lipinski definition) is 6. The first-order valence-electron chi connectivity index (χ1n) is 9.68. The Kier molecular flexibility index (Phi) is 5.53. The van der Waals surface area contributed by atoms with Gasteiger partial charge in [-0.05, 0) is 60.3 Å². The molecule has 7 nitrogen and oxygen atoms in total. The third-order valence-electron chi connectivity index (χ3n) is 6.09. The normalized spacial score (nSPS) is 26.0. The maximum Gasteiger partial charge on any atom is 0.321 e. The van der Waals surface area contributed by atoms with Crippen LogP contribution in [0.4, 0.5) is 0 Å². The van der Waals surface area contributed by atoms with Gasteiger partial charge in [0.15, 0.2) is 0 Å². The molecule has 0 unspecified atom stereocenters. The predicted molar refractivity (Wildman–Crippen MR) is 107 cm³/mol. The van der Waals surface area contributed by atoms with Gasteiger partial charge < -0.3 is 9.84 Å². The highest BCUT2D eigenvalue weighted by atomic mass is 79.9. The van der Waals surface area contributed by atoms with Gasteiger partial charge in [0.05, 0.1) is 13.2 Å². The van der Waals surface area contributed by atoms with Crippen molar-refractivity contribution in [3.05, 3.63) is 46.5 Å². The van der Waals surface area contributed by atoms with Gasteiger partial charge in [-0.15, -0.1) is 5.10 Å². The van der Waals surface area contributed by atoms with Crippen molar-refractivity contribution in [3.8, 4) is 0 Å². The van der Waals surface area contributed by atoms with Crippen LogP contribution in [0.1, 0.15) is 24.2 Å². The number of ether oxygens (including phenoxy) is 1. The van der Waals surface area contributed by atoms with Crippen molar-refractivity contribution in [1.82, 2.24) is 19.7 Å². The van der Waals surface area contributed by atoms with E-state index in [9.17, 15) is 9.90 Å². The van der Waals surface area contributed by atoms with E-state index in [4.69, 9.17) is 4.74 Å². The lowest BCUT2D eigenvalue weighted by Gasteiger charge is -2.45. The number of aromatic nitrogens is 3. The standard InChI is InChI=1S/C20H25BrN4O3/c1-14-22-19(21)23-25(14)12-20(13-26,16-5-3-2-4-6-16)18(27)28-17-11-24-9-7-15(17)8-10-24/h2-6,15,17,26H,7-13H2,1H3/t17-,20+/m0/s1. The van der Waals surface area contributed by atoms with Crippen molar-refractivity contribution < 1.29 is 14.6 Å². The van der Waals surface area contributed by atoms with Crippen LogP contribution in [0.25, 0.3) is 0 Å². The summed E-state index contributed by atoms with van der Waals surface area (Å²) in [5.41, 5.74) is -0.514. The molecule has 0 saturated carbocycles. The summed E-state index contributed by atoms with van der Waals surface area (Å²) in [6.07, 6.45) is 2.00. The third kappa shape index (κ3) is 3.60. The molecule has 2 aromatic rings. The van der Waals surface area contributed by atoms with Gasteiger partial charge in [0.25, 0.3) is 0 Å². The van der Waals surface area contributed by atoms with E-state index < -0.39 is 11.4 Å². The molecule has 3 fully saturated rings. The number of aliphatic hydroxyl groups excluding tert-OH is 1. The monoisotopic (exact) mass is 448 g/mol. The number of fused-ring (bicyclic) bond motifs is 3. The molecule has 0 spiro atoms. The largest absolute Gasteiger partial charge is 0.460 e. The molecule has 2 bridgehead atoms. The highest BCUT2D eigenvalue weighted by Gasteiger charge is 2.46. The Bertz CT molecular complexity index is 835. The first-order chi connectivity index (χ1) is 13.5. The summed E-state index contributed by atoms with van der Waals surface area (Å²) >= 11 is 3.28. The van der Waals surface area contributed by atoms with Crippen LogP contribution in [0, 0.1) is 12.8 Å². The Hall–Kier alpha value is -1.77. The zero-order valence-electron chi connectivity index (χ0n) is 15.9. The van der Waals surface area contributed by atoms with Gasteiger partial charge in [-0.25, -0.2) is 9.67 Å². The van der Waals surface area contributed by atoms with E-state index in [2.05, 4.69) is 30.9 Å². The molecule has 3 aliphatic heterocycles. The Morgan fingerprint density at radius 1 is 1.32 bits per heavy atom. The SMILES string of the molecule is Cc1nc(Br)nn1C[C@](CO)(C(=O)O[C@H]1CN2CCC1CC2)c1ccccc1. The maximum absolute atomic E-state index is 13.5. The summed E-state index contributed by atoms with van der Waals surface area (Å²) in [5.74, 6) is 0.672. The molecule has 4 heterocycles. The molecule has 5 rings (SSSR count). The Balaban J connectivity index is 1.65. The van der Waals surface area contributed by atoms with Gasteiger partial charge in [-0.1, -0.05) is 30.3 Å². The van der Waals surface area contributed by atoms with Gasteiger partial charge in [-0.2, -0.15) is 0 Å². The van der Waals surface area contributed by atoms with Crippen LogP contribution in [-0.4, -0.2) is 63.1 Å². The molecule has 1 aromatic heterocycles. The molecule has 1 N–H and O–H groups in total. The van der Waals surface area contributed by atoms with Crippen molar-refractivity contribution in [2.75, 3.05) is 26.2 Å². The Morgan fingerprint density at radius 3 is 2.57 bits per heavy atom. The van der Waals surface area contributed by atoms with E-state index in [1.54, 1.807) is 4.68 Å². The number of carbonyl (C=O) groups excluding carboxylic acids is 1. The molecule has 150 valence electrons. The minimum atomic E-state index is -1.23. The molecule has 3 saturated heterocycles. The lowest BCUT2D eigenvalue weighted by atomic mass is 9.80. The first kappa shape index (κ1) is 19.5. The van der Waals surface area contributed by atoms with E-state index in [0.29, 0.717) is 16.5 Å². The van der Waals surface area contributed by atoms with Crippen LogP contribution in [0.5, 0.6) is 0 Å². The Labute approximate surface area is 172 Å². The number of halogens is 1. The van der Waals surface area contributed by atoms with E-state index in [1.165, 1.54) is 0 Å². The molecule has 0 amide bonds. The van der Waals surface area contributed by atoms with Gasteiger partial charge in [-0.3, -0.25) is 9.69 Å². The van der Waals surface area contributed by atoms with Crippen LogP contribution in [-0.2, 0) is 21.5 Å². The van der Waals surface area contributed by atoms with Crippen molar-refractivity contribution in [2.45, 2.75) is 37.8 Å². The number of benzene rings is 1. The second-order valence-corrected chi connectivity index (χ2v) is 8.48. The van der Waals surface area contributed by atoms with Crippen LogP contribution in [0.15, 0.2) is 35.1 Å². The molecule has 0 aliphatic carbocycles. The second-order valence-electron chi connectivity index (χ2n) is 7.77. The zero-order valence-corrected chi connectivity index (χ0v) is 17.5. The molecule has 1 aromatic carbocycles. The second kappa shape index (κ2) is 7.93. The first-order valence-corrected chi connectivity index (χ1v) is 10.5. The lowest BCUT2D eigenvalue weighted by Crippen LogP contribution is -2.54. The maximum atomic E-state index is 13.5. The van der Waals surface area contributed by atoms with Crippen LogP contribution in [0.2, 0.25) is 0 Å². The number of rotatable bonds is 6. The predicted octanol–water partition coefficient (Wildman–Crippen LogP) is 1.92. The molecule has 8 heteroatoms. The lowest BCUT2D eigenvalue weighted by molar-refractivity contribution is -0.168. The van der Waals surface area contributed by atoms with E-state index in [-0.39, 0.29) is 19.3 Å². The van der Waals surface area contributed by atoms with Crippen molar-refractivity contribution in [2.24, 2.45) is 5.92 Å². The molecule has 3 aliphatic rings. The summed E-state index contributed by atoms with van der Waals surface area (Å²) in [6, 6.07) is 9.34. The van der Waals surface area contributed by atoms with Crippen molar-refractivity contribution in [3.63, 3.8) is 0 Å². The van der Waals surface area contributed by atoms with Gasteiger partial charge in [0, 0.05) is 6.54 Å². The molecule has 28 heavy (non-hydrogen) atoms. The number of hydrogen-bond donors (Lipinski definition) is 1. The number of esters is 1. The third-order valence-corrected chi connectivity index (χ3v) is 6.43. The number of piperidine rings is 3. The van der Waals surface area contributed by atoms with Crippen molar-refractivity contribution >= 4 is 21.9 Å². The molecular weight excluding hydrogens is 424 g/mol. The van der Waals surface area contributed by atoms with Crippen LogP contribution >= 0.6 is 15.9 Å². The summed E-state index contributed by atoms with van der Waals surface area (Å²) in [4.78, 5) is 20.1. The highest BCUT2D eigenvalue weighted by Crippen LogP contribution is 2.34. The summed E-state index contributed by atoms with van der Waals surface area (Å²) in [5, 5.41) is 14.8. The van der Waals surface area contributed by atoms with E-state index in [1.807, 2.05) is 37.3 Å². The quantitative estimate of drug-likeness (QED) is 0.679. The van der Waals surface area contributed by atoms with Crippen LogP contribution in [0.3, 0.4) is 0 Å². The molecular formula is C20H25BrN4O3. The molecule has 0 radical (unpaired) electrons. The molecule has 2 atom stereocenters. The Morgan fingerprint density at radius 2 is 2.04 bits per heavy atom. The average Bonchev–Trinajstić information content (AvgIpc) is 3.04. The number of carbonyl (C=O) groups is 1. The average molecular weight is 449 g/mol. The van der Waals surface area contributed by atoms with Crippen LogP contribution < -0.4 is 0 Å². The smallest absolute Gasteiger partial charge is 0.321 e. The van der Waals surface area contributed by atoms with Gasteiger partial charge in [0.1, 0.15) is 17.3 Å². The number of aliphatic hydroxyl groups is 1. The van der Waals surface area contributed by atoms with Gasteiger partial charge in [0.2, 0.25) is 4.73 Å². The fourth-order valence-electron chi connectivity index (χ4n) is 4.32. The summed E-state index contributed by atoms with van der Waals surface area (Å²) < 4.78 is 8.14. The van der Waals surface area contributed by atoms with E-state index >= 15 is 0 Å². The number of aryl methyl sites for hydroxylation is 1. The zero-order chi connectivity index (χ0) is 19.7. The summed E-state index contributed by atoms with van der Waals surface area (Å²) in [7, 11) is 0. The fraction of sp³-hybridized carbons (Fsp3) is 0.550. The summed E-state index contributed by atoms with van der Waals surface area (Å²) in [6.45, 7) is 4.55. The fourth-order valence-corrected chi connectivity index (χ4v) is 4.77.